The quantitative estimate of drug-likeness (QED) is 0.477. The molecule has 0 saturated heterocycles. The third kappa shape index (κ3) is 4.18. The summed E-state index contributed by atoms with van der Waals surface area (Å²) in [4.78, 5) is 12.2. The summed E-state index contributed by atoms with van der Waals surface area (Å²) >= 11 is 0. The van der Waals surface area contributed by atoms with Crippen molar-refractivity contribution in [2.45, 2.75) is 32.2 Å². The van der Waals surface area contributed by atoms with Crippen molar-refractivity contribution in [2.24, 2.45) is 11.3 Å². The molecule has 2 nitrogen and oxygen atoms in total. The Labute approximate surface area is 148 Å². The monoisotopic (exact) mass is 343 g/mol. The van der Waals surface area contributed by atoms with Crippen molar-refractivity contribution in [3.63, 3.8) is 0 Å². The van der Waals surface area contributed by atoms with Gasteiger partial charge in [0.25, 0.3) is 5.97 Å². The fraction of sp³-hybridized carbons (Fsp3) is 0.438. The fourth-order valence-electron chi connectivity index (χ4n) is 2.63. The van der Waals surface area contributed by atoms with Gasteiger partial charge in [0.15, 0.2) is 0 Å². The van der Waals surface area contributed by atoms with Crippen LogP contribution in [0.4, 0.5) is 0 Å². The Kier molecular flexibility index (Phi) is 6.94. The molecule has 3 atom stereocenters. The normalized spacial score (nSPS) is 28.7. The van der Waals surface area contributed by atoms with Gasteiger partial charge >= 0.3 is 0 Å². The second kappa shape index (κ2) is 7.75. The maximum atomic E-state index is 12.2. The van der Waals surface area contributed by atoms with Gasteiger partial charge in [0, 0.05) is 40.6 Å². The molecule has 1 aliphatic carbocycles. The molecule has 0 heterocycles. The Morgan fingerprint density at radius 2 is 2.15 bits per heavy atom. The summed E-state index contributed by atoms with van der Waals surface area (Å²) in [6.45, 7) is 6.53. The third-order valence-electron chi connectivity index (χ3n) is 3.92. The van der Waals surface area contributed by atoms with E-state index in [4.69, 9.17) is 12.6 Å². The van der Waals surface area contributed by atoms with Gasteiger partial charge in [0.1, 0.15) is 6.61 Å². The first-order valence-corrected chi connectivity index (χ1v) is 6.71. The molecule has 0 spiro atoms. The predicted molar refractivity (Wildman–Crippen MR) is 76.2 cm³/mol. The van der Waals surface area contributed by atoms with Gasteiger partial charge in [-0.3, -0.25) is 4.79 Å². The van der Waals surface area contributed by atoms with Crippen molar-refractivity contribution < 1.29 is 42.2 Å². The SMILES string of the molecule is [B][C@H]1[CH-][C@H](C(=O)OCc2ccccc2)C([CH2-])(CC)C1.[Y]. The van der Waals surface area contributed by atoms with E-state index in [0.29, 0.717) is 6.61 Å². The van der Waals surface area contributed by atoms with Crippen LogP contribution >= 0.6 is 0 Å². The summed E-state index contributed by atoms with van der Waals surface area (Å²) in [5.74, 6) is -0.573. The fourth-order valence-corrected chi connectivity index (χ4v) is 2.63. The molecule has 1 aliphatic rings. The molecule has 1 fully saturated rings. The van der Waals surface area contributed by atoms with Crippen LogP contribution < -0.4 is 0 Å². The number of carbonyl (C=O) groups is 1. The predicted octanol–water partition coefficient (Wildman–Crippen LogP) is 3.14. The molecule has 1 aromatic rings. The zero-order chi connectivity index (χ0) is 13.9. The first kappa shape index (κ1) is 17.9. The summed E-state index contributed by atoms with van der Waals surface area (Å²) < 4.78 is 5.39. The largest absolute Gasteiger partial charge is 0.463 e. The average molecular weight is 343 g/mol. The number of ether oxygens (including phenoxy) is 1. The molecule has 1 aromatic carbocycles. The van der Waals surface area contributed by atoms with Crippen LogP contribution in [0.3, 0.4) is 0 Å². The molecule has 0 amide bonds. The zero-order valence-corrected chi connectivity index (χ0v) is 14.8. The maximum absolute atomic E-state index is 12.2. The minimum absolute atomic E-state index is 0. The van der Waals surface area contributed by atoms with Gasteiger partial charge in [0.05, 0.1) is 0 Å². The Bertz CT molecular complexity index is 437. The van der Waals surface area contributed by atoms with E-state index in [-0.39, 0.29) is 55.8 Å². The molecule has 4 heteroatoms. The second-order valence-electron chi connectivity index (χ2n) is 5.35. The van der Waals surface area contributed by atoms with Gasteiger partial charge in [-0.25, -0.2) is 5.82 Å². The van der Waals surface area contributed by atoms with Crippen LogP contribution in [0.5, 0.6) is 0 Å². The minimum Gasteiger partial charge on any atom is -0.463 e. The van der Waals surface area contributed by atoms with Crippen LogP contribution in [0.15, 0.2) is 30.3 Å². The van der Waals surface area contributed by atoms with E-state index >= 15 is 0 Å². The molecule has 3 radical (unpaired) electrons. The van der Waals surface area contributed by atoms with Crippen LogP contribution in [0.1, 0.15) is 25.3 Å². The summed E-state index contributed by atoms with van der Waals surface area (Å²) in [5.41, 5.74) is 0.678. The van der Waals surface area contributed by atoms with Gasteiger partial charge in [-0.1, -0.05) is 49.6 Å². The van der Waals surface area contributed by atoms with Crippen molar-refractivity contribution in [3.8, 4) is 0 Å². The maximum Gasteiger partial charge on any atom is 0.276 e. The molecular formula is C16H19BO2Y-2. The number of hydrogen-bond acceptors (Lipinski definition) is 2. The molecule has 103 valence electrons. The van der Waals surface area contributed by atoms with Crippen LogP contribution in [0, 0.1) is 24.7 Å². The second-order valence-corrected chi connectivity index (χ2v) is 5.35. The van der Waals surface area contributed by atoms with E-state index in [1.165, 1.54) is 0 Å². The number of carbonyl (C=O) groups excluding carboxylic acids is 1. The van der Waals surface area contributed by atoms with Crippen molar-refractivity contribution in [1.82, 2.24) is 0 Å². The van der Waals surface area contributed by atoms with Crippen molar-refractivity contribution in [1.29, 1.82) is 0 Å². The van der Waals surface area contributed by atoms with Crippen molar-refractivity contribution >= 4 is 13.8 Å². The van der Waals surface area contributed by atoms with E-state index < -0.39 is 0 Å². The molecule has 1 saturated carbocycles. The van der Waals surface area contributed by atoms with Gasteiger partial charge in [0.2, 0.25) is 0 Å². The summed E-state index contributed by atoms with van der Waals surface area (Å²) in [6.07, 6.45) is 3.45. The Morgan fingerprint density at radius 1 is 1.50 bits per heavy atom. The number of rotatable bonds is 4. The molecule has 0 N–H and O–H groups in total. The standard InChI is InChI=1S/C16H19BO2.Y/c1-3-16(2)10-13(17)9-14(16)15(18)19-11-12-7-5-4-6-8-12;/h4-9,13-14H,2-3,10-11H2,1H3;/q-2;/t13-,14+,16?;/m0./s1. The number of benzene rings is 1. The molecule has 20 heavy (non-hydrogen) atoms. The Balaban J connectivity index is 0.00000200. The third-order valence-corrected chi connectivity index (χ3v) is 3.92. The van der Waals surface area contributed by atoms with Crippen LogP contribution in [-0.4, -0.2) is 13.8 Å². The van der Waals surface area contributed by atoms with Crippen molar-refractivity contribution in [3.05, 3.63) is 49.2 Å². The topological polar surface area (TPSA) is 26.3 Å². The summed E-state index contributed by atoms with van der Waals surface area (Å²) in [6, 6.07) is 9.67. The smallest absolute Gasteiger partial charge is 0.276 e. The van der Waals surface area contributed by atoms with Gasteiger partial charge in [-0.05, 0) is 5.56 Å². The molecule has 0 aromatic heterocycles. The summed E-state index contributed by atoms with van der Waals surface area (Å²) in [7, 11) is 5.92. The van der Waals surface area contributed by atoms with Crippen molar-refractivity contribution in [2.75, 3.05) is 0 Å². The van der Waals surface area contributed by atoms with E-state index in [1.807, 2.05) is 43.7 Å². The Morgan fingerprint density at radius 3 is 2.75 bits per heavy atom. The Hall–Kier alpha value is -0.141. The molecular weight excluding hydrogens is 324 g/mol. The van der Waals surface area contributed by atoms with Gasteiger partial charge < -0.3 is 18.1 Å². The molecule has 0 aliphatic heterocycles. The van der Waals surface area contributed by atoms with Crippen LogP contribution in [0.2, 0.25) is 5.82 Å². The minimum atomic E-state index is -0.312. The van der Waals surface area contributed by atoms with Crippen LogP contribution in [0.25, 0.3) is 0 Å². The number of esters is 1. The molecule has 0 bridgehead atoms. The first-order chi connectivity index (χ1) is 9.05. The molecule has 1 unspecified atom stereocenters. The average Bonchev–Trinajstić information content (AvgIpc) is 2.73. The molecule has 2 rings (SSSR count). The van der Waals surface area contributed by atoms with Crippen LogP contribution in [-0.2, 0) is 48.8 Å². The summed E-state index contributed by atoms with van der Waals surface area (Å²) in [5, 5.41) is 0. The van der Waals surface area contributed by atoms with Gasteiger partial charge in [-0.15, -0.1) is 6.42 Å². The number of hydrogen-bond donors (Lipinski definition) is 0. The van der Waals surface area contributed by atoms with E-state index in [9.17, 15) is 4.79 Å². The zero-order valence-electron chi connectivity index (χ0n) is 11.9. The van der Waals surface area contributed by atoms with E-state index in [0.717, 1.165) is 18.4 Å². The first-order valence-electron chi connectivity index (χ1n) is 6.71. The van der Waals surface area contributed by atoms with E-state index in [2.05, 4.69) is 6.92 Å². The van der Waals surface area contributed by atoms with E-state index in [1.54, 1.807) is 0 Å². The van der Waals surface area contributed by atoms with Gasteiger partial charge in [-0.2, -0.15) is 5.41 Å².